The van der Waals surface area contributed by atoms with E-state index in [-0.39, 0.29) is 29.4 Å². The van der Waals surface area contributed by atoms with Crippen LogP contribution in [-0.2, 0) is 14.6 Å². The van der Waals surface area contributed by atoms with Gasteiger partial charge in [-0.1, -0.05) is 0 Å². The van der Waals surface area contributed by atoms with E-state index in [2.05, 4.69) is 0 Å². The molecular formula is C13H17NO5S. The predicted octanol–water partition coefficient (Wildman–Crippen LogP) is 1.01. The van der Waals surface area contributed by atoms with Crippen LogP contribution < -0.4 is 10.5 Å². The van der Waals surface area contributed by atoms with Gasteiger partial charge in [0.25, 0.3) is 0 Å². The van der Waals surface area contributed by atoms with Crippen molar-refractivity contribution in [1.29, 1.82) is 0 Å². The van der Waals surface area contributed by atoms with Crippen LogP contribution in [0.5, 0.6) is 5.75 Å². The van der Waals surface area contributed by atoms with Crippen LogP contribution in [0.4, 0.5) is 5.69 Å². The molecule has 0 spiro atoms. The maximum Gasteiger partial charge on any atom is 0.341 e. The van der Waals surface area contributed by atoms with Crippen LogP contribution in [-0.4, -0.2) is 38.6 Å². The van der Waals surface area contributed by atoms with Gasteiger partial charge >= 0.3 is 5.97 Å². The molecule has 0 amide bonds. The number of anilines is 1. The molecule has 1 heterocycles. The standard InChI is InChI=1S/C13H17NO5S/c1-2-18-13(15)11-4-3-9(14)7-12(11)19-10-5-6-20(16,17)8-10/h3-4,7,10H,2,5-6,8,14H2,1H3. The average molecular weight is 299 g/mol. The van der Waals surface area contributed by atoms with E-state index in [9.17, 15) is 13.2 Å². The van der Waals surface area contributed by atoms with Crippen LogP contribution in [0.25, 0.3) is 0 Å². The van der Waals surface area contributed by atoms with Crippen LogP contribution in [0, 0.1) is 0 Å². The van der Waals surface area contributed by atoms with Crippen LogP contribution in [0.1, 0.15) is 23.7 Å². The number of nitrogen functional groups attached to an aromatic ring is 1. The van der Waals surface area contributed by atoms with Gasteiger partial charge in [0.05, 0.1) is 18.1 Å². The highest BCUT2D eigenvalue weighted by Gasteiger charge is 2.30. The molecule has 0 radical (unpaired) electrons. The van der Waals surface area contributed by atoms with Gasteiger partial charge in [0, 0.05) is 11.8 Å². The first-order valence-electron chi connectivity index (χ1n) is 6.35. The summed E-state index contributed by atoms with van der Waals surface area (Å²) >= 11 is 0. The molecule has 110 valence electrons. The normalized spacial score (nSPS) is 20.6. The van der Waals surface area contributed by atoms with Gasteiger partial charge in [-0.15, -0.1) is 0 Å². The van der Waals surface area contributed by atoms with Crippen LogP contribution in [0.2, 0.25) is 0 Å². The molecule has 1 fully saturated rings. The average Bonchev–Trinajstić information content (AvgIpc) is 2.69. The minimum Gasteiger partial charge on any atom is -0.488 e. The van der Waals surface area contributed by atoms with Crippen molar-refractivity contribution in [2.45, 2.75) is 19.4 Å². The SMILES string of the molecule is CCOC(=O)c1ccc(N)cc1OC1CCS(=O)(=O)C1. The van der Waals surface area contributed by atoms with Crippen LogP contribution >= 0.6 is 0 Å². The van der Waals surface area contributed by atoms with Crippen molar-refractivity contribution >= 4 is 21.5 Å². The molecular weight excluding hydrogens is 282 g/mol. The largest absolute Gasteiger partial charge is 0.488 e. The smallest absolute Gasteiger partial charge is 0.341 e. The monoisotopic (exact) mass is 299 g/mol. The lowest BCUT2D eigenvalue weighted by Crippen LogP contribution is -2.19. The van der Waals surface area contributed by atoms with Gasteiger partial charge in [0.2, 0.25) is 0 Å². The van der Waals surface area contributed by atoms with E-state index in [0.717, 1.165) is 0 Å². The molecule has 0 aromatic heterocycles. The Morgan fingerprint density at radius 3 is 2.80 bits per heavy atom. The molecule has 6 nitrogen and oxygen atoms in total. The molecule has 1 aliphatic heterocycles. The van der Waals surface area contributed by atoms with Gasteiger partial charge in [-0.2, -0.15) is 0 Å². The molecule has 20 heavy (non-hydrogen) atoms. The Bertz CT molecular complexity index is 611. The second-order valence-corrected chi connectivity index (χ2v) is 6.85. The fraction of sp³-hybridized carbons (Fsp3) is 0.462. The molecule has 1 atom stereocenters. The summed E-state index contributed by atoms with van der Waals surface area (Å²) in [5.41, 5.74) is 6.37. The molecule has 0 saturated carbocycles. The van der Waals surface area contributed by atoms with E-state index in [1.165, 1.54) is 12.1 Å². The summed E-state index contributed by atoms with van der Waals surface area (Å²) in [5.74, 6) is -0.174. The van der Waals surface area contributed by atoms with Gasteiger partial charge < -0.3 is 15.2 Å². The molecule has 1 aromatic carbocycles. The second kappa shape index (κ2) is 5.70. The van der Waals surface area contributed by atoms with E-state index >= 15 is 0 Å². The van der Waals surface area contributed by atoms with Crippen molar-refractivity contribution < 1.29 is 22.7 Å². The van der Waals surface area contributed by atoms with Crippen LogP contribution in [0.15, 0.2) is 18.2 Å². The van der Waals surface area contributed by atoms with E-state index in [1.54, 1.807) is 13.0 Å². The summed E-state index contributed by atoms with van der Waals surface area (Å²) in [5, 5.41) is 0. The first kappa shape index (κ1) is 14.6. The van der Waals surface area contributed by atoms with Crippen molar-refractivity contribution in [2.75, 3.05) is 23.8 Å². The lowest BCUT2D eigenvalue weighted by Gasteiger charge is -2.15. The Balaban J connectivity index is 2.22. The maximum atomic E-state index is 11.8. The highest BCUT2D eigenvalue weighted by Crippen LogP contribution is 2.26. The number of nitrogens with two attached hydrogens (primary N) is 1. The molecule has 0 aliphatic carbocycles. The highest BCUT2D eigenvalue weighted by atomic mass is 32.2. The first-order chi connectivity index (χ1) is 9.41. The minimum absolute atomic E-state index is 0.0376. The Hall–Kier alpha value is -1.76. The number of carbonyl (C=O) groups excluding carboxylic acids is 1. The fourth-order valence-corrected chi connectivity index (χ4v) is 3.64. The molecule has 1 aromatic rings. The lowest BCUT2D eigenvalue weighted by molar-refractivity contribution is 0.0520. The fourth-order valence-electron chi connectivity index (χ4n) is 2.05. The van der Waals surface area contributed by atoms with Crippen molar-refractivity contribution in [3.63, 3.8) is 0 Å². The number of benzene rings is 1. The number of carbonyl (C=O) groups is 1. The van der Waals surface area contributed by atoms with E-state index in [4.69, 9.17) is 15.2 Å². The number of rotatable bonds is 4. The van der Waals surface area contributed by atoms with Gasteiger partial charge in [-0.25, -0.2) is 13.2 Å². The lowest BCUT2D eigenvalue weighted by atomic mass is 10.1. The van der Waals surface area contributed by atoms with Gasteiger partial charge in [0.1, 0.15) is 17.4 Å². The first-order valence-corrected chi connectivity index (χ1v) is 8.17. The molecule has 7 heteroatoms. The van der Waals surface area contributed by atoms with Gasteiger partial charge in [-0.3, -0.25) is 0 Å². The van der Waals surface area contributed by atoms with Gasteiger partial charge in [0.15, 0.2) is 9.84 Å². The molecule has 0 bridgehead atoms. The summed E-state index contributed by atoms with van der Waals surface area (Å²) in [7, 11) is -3.04. The number of hydrogen-bond acceptors (Lipinski definition) is 6. The number of sulfone groups is 1. The third kappa shape index (κ3) is 3.41. The van der Waals surface area contributed by atoms with E-state index < -0.39 is 21.9 Å². The van der Waals surface area contributed by atoms with Crippen molar-refractivity contribution in [3.05, 3.63) is 23.8 Å². The van der Waals surface area contributed by atoms with Crippen molar-refractivity contribution in [1.82, 2.24) is 0 Å². The maximum absolute atomic E-state index is 11.8. The topological polar surface area (TPSA) is 95.7 Å². The van der Waals surface area contributed by atoms with Gasteiger partial charge in [-0.05, 0) is 25.5 Å². The number of hydrogen-bond donors (Lipinski definition) is 1. The number of ether oxygens (including phenoxy) is 2. The second-order valence-electron chi connectivity index (χ2n) is 4.62. The zero-order valence-corrected chi connectivity index (χ0v) is 12.0. The summed E-state index contributed by atoms with van der Waals surface area (Å²) in [6.07, 6.45) is -0.0330. The summed E-state index contributed by atoms with van der Waals surface area (Å²) in [6.45, 7) is 1.96. The Morgan fingerprint density at radius 2 is 2.20 bits per heavy atom. The minimum atomic E-state index is -3.04. The molecule has 1 aliphatic rings. The summed E-state index contributed by atoms with van der Waals surface area (Å²) in [4.78, 5) is 11.8. The zero-order chi connectivity index (χ0) is 14.8. The Kier molecular flexibility index (Phi) is 4.17. The summed E-state index contributed by atoms with van der Waals surface area (Å²) in [6, 6.07) is 4.60. The van der Waals surface area contributed by atoms with Crippen molar-refractivity contribution in [2.24, 2.45) is 0 Å². The van der Waals surface area contributed by atoms with E-state index in [0.29, 0.717) is 12.1 Å². The molecule has 1 saturated heterocycles. The quantitative estimate of drug-likeness (QED) is 0.658. The Morgan fingerprint density at radius 1 is 1.45 bits per heavy atom. The molecule has 2 rings (SSSR count). The molecule has 1 unspecified atom stereocenters. The van der Waals surface area contributed by atoms with Crippen molar-refractivity contribution in [3.8, 4) is 5.75 Å². The van der Waals surface area contributed by atoms with E-state index in [1.807, 2.05) is 0 Å². The highest BCUT2D eigenvalue weighted by molar-refractivity contribution is 7.91. The third-order valence-corrected chi connectivity index (χ3v) is 4.72. The molecule has 2 N–H and O–H groups in total. The predicted molar refractivity (Wildman–Crippen MR) is 74.5 cm³/mol. The number of esters is 1. The van der Waals surface area contributed by atoms with Crippen LogP contribution in [0.3, 0.4) is 0 Å². The summed E-state index contributed by atoms with van der Waals surface area (Å²) < 4.78 is 33.4. The Labute approximate surface area is 117 Å². The third-order valence-electron chi connectivity index (χ3n) is 2.99. The zero-order valence-electron chi connectivity index (χ0n) is 11.2.